The maximum absolute atomic E-state index is 12.5. The molecule has 1 atom stereocenters. The normalized spacial score (nSPS) is 11.8. The average molecular weight is 446 g/mol. The summed E-state index contributed by atoms with van der Waals surface area (Å²) in [5, 5.41) is 23.5. The highest BCUT2D eigenvalue weighted by Gasteiger charge is 2.19. The number of aromatic nitrogens is 3. The van der Waals surface area contributed by atoms with E-state index in [9.17, 15) is 14.9 Å². The molecule has 10 heteroatoms. The molecule has 0 saturated carbocycles. The fourth-order valence-electron chi connectivity index (χ4n) is 2.83. The molecule has 156 valence electrons. The van der Waals surface area contributed by atoms with Crippen LogP contribution in [0, 0.1) is 10.1 Å². The quantitative estimate of drug-likeness (QED) is 0.307. The number of benzene rings is 2. The number of non-ortho nitro benzene ring substituents is 1. The van der Waals surface area contributed by atoms with Gasteiger partial charge >= 0.3 is 0 Å². The highest BCUT2D eigenvalue weighted by Crippen LogP contribution is 2.25. The van der Waals surface area contributed by atoms with Crippen LogP contribution in [-0.2, 0) is 12.3 Å². The molecule has 2 aromatic carbocycles. The van der Waals surface area contributed by atoms with Crippen molar-refractivity contribution in [2.75, 3.05) is 0 Å². The molecule has 1 aromatic heterocycles. The first-order valence-corrected chi connectivity index (χ1v) is 10.6. The number of nitro benzene ring substituents is 1. The number of amides is 1. The Morgan fingerprint density at radius 3 is 2.47 bits per heavy atom. The fraction of sp³-hybridized carbons (Fsp3) is 0.250. The molecule has 0 bridgehead atoms. The van der Waals surface area contributed by atoms with Crippen molar-refractivity contribution in [3.63, 3.8) is 0 Å². The second-order valence-corrected chi connectivity index (χ2v) is 7.88. The van der Waals surface area contributed by atoms with E-state index in [4.69, 9.17) is 11.6 Å². The van der Waals surface area contributed by atoms with Crippen molar-refractivity contribution >= 4 is 35.0 Å². The lowest BCUT2D eigenvalue weighted by Gasteiger charge is -2.15. The van der Waals surface area contributed by atoms with Crippen molar-refractivity contribution in [2.24, 2.45) is 0 Å². The van der Waals surface area contributed by atoms with Crippen LogP contribution in [0.25, 0.3) is 0 Å². The minimum absolute atomic E-state index is 0.0630. The second-order valence-electron chi connectivity index (χ2n) is 6.50. The predicted octanol–water partition coefficient (Wildman–Crippen LogP) is 4.64. The molecule has 3 aromatic rings. The molecule has 0 aliphatic heterocycles. The van der Waals surface area contributed by atoms with Crippen LogP contribution in [0.3, 0.4) is 0 Å². The first-order valence-electron chi connectivity index (χ1n) is 9.24. The molecule has 30 heavy (non-hydrogen) atoms. The van der Waals surface area contributed by atoms with Gasteiger partial charge in [0.05, 0.1) is 11.0 Å². The number of carbonyl (C=O) groups is 1. The zero-order valence-corrected chi connectivity index (χ0v) is 18.0. The number of nitro groups is 1. The average Bonchev–Trinajstić information content (AvgIpc) is 3.16. The van der Waals surface area contributed by atoms with Gasteiger partial charge in [-0.15, -0.1) is 10.2 Å². The number of carbonyl (C=O) groups excluding carboxylic acids is 1. The molecule has 1 N–H and O–H groups in total. The summed E-state index contributed by atoms with van der Waals surface area (Å²) in [4.78, 5) is 22.8. The molecule has 0 aliphatic carbocycles. The standard InChI is InChI=1S/C20H20ClN5O3S/c1-3-25-18(13(2)22-19(27)15-6-8-16(21)9-7-15)23-24-20(25)30-12-14-4-10-17(11-5-14)26(28)29/h4-11,13H,3,12H2,1-2H3,(H,22,27)/t13-/m1/s1. The summed E-state index contributed by atoms with van der Waals surface area (Å²) in [6, 6.07) is 12.8. The van der Waals surface area contributed by atoms with Gasteiger partial charge in [0.2, 0.25) is 0 Å². The van der Waals surface area contributed by atoms with Crippen LogP contribution < -0.4 is 5.32 Å². The molecular weight excluding hydrogens is 426 g/mol. The lowest BCUT2D eigenvalue weighted by Crippen LogP contribution is -2.28. The van der Waals surface area contributed by atoms with Crippen molar-refractivity contribution in [2.45, 2.75) is 37.3 Å². The largest absolute Gasteiger partial charge is 0.342 e. The molecule has 0 spiro atoms. The summed E-state index contributed by atoms with van der Waals surface area (Å²) in [6.07, 6.45) is 0. The van der Waals surface area contributed by atoms with E-state index in [-0.39, 0.29) is 17.6 Å². The Morgan fingerprint density at radius 2 is 1.87 bits per heavy atom. The number of rotatable bonds is 8. The topological polar surface area (TPSA) is 103 Å². The molecular formula is C20H20ClN5O3S. The third-order valence-electron chi connectivity index (χ3n) is 4.42. The van der Waals surface area contributed by atoms with Gasteiger partial charge in [-0.3, -0.25) is 14.9 Å². The molecule has 3 rings (SSSR count). The minimum Gasteiger partial charge on any atom is -0.342 e. The summed E-state index contributed by atoms with van der Waals surface area (Å²) in [5.41, 5.74) is 1.52. The molecule has 8 nitrogen and oxygen atoms in total. The van der Waals surface area contributed by atoms with E-state index in [2.05, 4.69) is 15.5 Å². The molecule has 0 saturated heterocycles. The van der Waals surface area contributed by atoms with E-state index in [1.807, 2.05) is 18.4 Å². The summed E-state index contributed by atoms with van der Waals surface area (Å²) >= 11 is 7.36. The van der Waals surface area contributed by atoms with Gasteiger partial charge in [-0.05, 0) is 43.7 Å². The van der Waals surface area contributed by atoms with Gasteiger partial charge in [0, 0.05) is 35.0 Å². The Kier molecular flexibility index (Phi) is 7.07. The third-order valence-corrected chi connectivity index (χ3v) is 5.71. The Hall–Kier alpha value is -2.91. The van der Waals surface area contributed by atoms with Crippen molar-refractivity contribution in [1.29, 1.82) is 0 Å². The van der Waals surface area contributed by atoms with Crippen LogP contribution >= 0.6 is 23.4 Å². The maximum Gasteiger partial charge on any atom is 0.269 e. The van der Waals surface area contributed by atoms with E-state index in [1.165, 1.54) is 23.9 Å². The Labute approximate surface area is 182 Å². The van der Waals surface area contributed by atoms with Crippen LogP contribution in [0.2, 0.25) is 5.02 Å². The van der Waals surface area contributed by atoms with Crippen LogP contribution in [0.15, 0.2) is 53.7 Å². The van der Waals surface area contributed by atoms with Crippen LogP contribution in [0.1, 0.15) is 41.6 Å². The predicted molar refractivity (Wildman–Crippen MR) is 116 cm³/mol. The van der Waals surface area contributed by atoms with Gasteiger partial charge in [0.15, 0.2) is 11.0 Å². The Balaban J connectivity index is 1.67. The van der Waals surface area contributed by atoms with E-state index >= 15 is 0 Å². The fourth-order valence-corrected chi connectivity index (χ4v) is 3.92. The van der Waals surface area contributed by atoms with Crippen LogP contribution in [-0.4, -0.2) is 25.6 Å². The third kappa shape index (κ3) is 5.17. The number of nitrogens with zero attached hydrogens (tertiary/aromatic N) is 4. The summed E-state index contributed by atoms with van der Waals surface area (Å²) in [5.74, 6) is 1.04. The summed E-state index contributed by atoms with van der Waals surface area (Å²) < 4.78 is 1.95. The van der Waals surface area contributed by atoms with Crippen LogP contribution in [0.4, 0.5) is 5.69 Å². The highest BCUT2D eigenvalue weighted by molar-refractivity contribution is 7.98. The lowest BCUT2D eigenvalue weighted by molar-refractivity contribution is -0.384. The number of hydrogen-bond donors (Lipinski definition) is 1. The van der Waals surface area contributed by atoms with Gasteiger partial charge in [-0.2, -0.15) is 0 Å². The van der Waals surface area contributed by atoms with Crippen molar-refractivity contribution in [3.8, 4) is 0 Å². The summed E-state index contributed by atoms with van der Waals surface area (Å²) in [6.45, 7) is 4.48. The zero-order valence-electron chi connectivity index (χ0n) is 16.4. The SMILES string of the molecule is CCn1c(SCc2ccc([N+](=O)[O-])cc2)nnc1[C@@H](C)NC(=O)c1ccc(Cl)cc1. The first-order chi connectivity index (χ1) is 14.4. The zero-order chi connectivity index (χ0) is 21.7. The number of halogens is 1. The monoisotopic (exact) mass is 445 g/mol. The van der Waals surface area contributed by atoms with Gasteiger partial charge in [-0.25, -0.2) is 0 Å². The maximum atomic E-state index is 12.5. The Bertz CT molecular complexity index is 1040. The van der Waals surface area contributed by atoms with Gasteiger partial charge in [0.25, 0.3) is 11.6 Å². The highest BCUT2D eigenvalue weighted by atomic mass is 35.5. The molecule has 0 aliphatic rings. The molecule has 1 heterocycles. The van der Waals surface area contributed by atoms with Crippen LogP contribution in [0.5, 0.6) is 0 Å². The smallest absolute Gasteiger partial charge is 0.269 e. The molecule has 1 amide bonds. The van der Waals surface area contributed by atoms with Gasteiger partial charge < -0.3 is 9.88 Å². The van der Waals surface area contributed by atoms with Crippen molar-refractivity contribution in [3.05, 3.63) is 80.6 Å². The number of thioether (sulfide) groups is 1. The second kappa shape index (κ2) is 9.73. The van der Waals surface area contributed by atoms with Crippen molar-refractivity contribution in [1.82, 2.24) is 20.1 Å². The van der Waals surface area contributed by atoms with Gasteiger partial charge in [0.1, 0.15) is 0 Å². The lowest BCUT2D eigenvalue weighted by atomic mass is 10.2. The molecule has 0 unspecified atom stereocenters. The summed E-state index contributed by atoms with van der Waals surface area (Å²) in [7, 11) is 0. The Morgan fingerprint density at radius 1 is 1.20 bits per heavy atom. The van der Waals surface area contributed by atoms with E-state index in [0.717, 1.165) is 10.7 Å². The van der Waals surface area contributed by atoms with Crippen molar-refractivity contribution < 1.29 is 9.72 Å². The minimum atomic E-state index is -0.420. The first kappa shape index (κ1) is 21.8. The molecule has 0 radical (unpaired) electrons. The molecule has 0 fully saturated rings. The van der Waals surface area contributed by atoms with E-state index < -0.39 is 4.92 Å². The number of hydrogen-bond acceptors (Lipinski definition) is 6. The number of nitrogens with one attached hydrogen (secondary N) is 1. The van der Waals surface area contributed by atoms with E-state index in [0.29, 0.717) is 28.7 Å². The van der Waals surface area contributed by atoms with E-state index in [1.54, 1.807) is 36.4 Å². The van der Waals surface area contributed by atoms with Gasteiger partial charge in [-0.1, -0.05) is 35.5 Å².